The molecule has 3 rings (SSSR count). The topological polar surface area (TPSA) is 58.5 Å². The van der Waals surface area contributed by atoms with Crippen molar-refractivity contribution in [3.8, 4) is 5.75 Å². The zero-order chi connectivity index (χ0) is 20.2. The van der Waals surface area contributed by atoms with Crippen LogP contribution in [0.15, 0.2) is 34.6 Å². The summed E-state index contributed by atoms with van der Waals surface area (Å²) in [7, 11) is 1.66. The van der Waals surface area contributed by atoms with E-state index in [4.69, 9.17) is 4.74 Å². The average molecular weight is 540 g/mol. The van der Waals surface area contributed by atoms with Gasteiger partial charge in [0.1, 0.15) is 10.8 Å². The molecule has 0 atom stereocenters. The van der Waals surface area contributed by atoms with E-state index in [1.54, 1.807) is 7.11 Å². The molecule has 1 saturated carbocycles. The van der Waals surface area contributed by atoms with Crippen LogP contribution in [-0.4, -0.2) is 31.1 Å². The summed E-state index contributed by atoms with van der Waals surface area (Å²) >= 11 is 0.964. The first-order valence-corrected chi connectivity index (χ1v) is 9.93. The number of rotatable bonds is 7. The number of hydrogen-bond donors (Lipinski definition) is 2. The Balaban J connectivity index is 0.00000300. The summed E-state index contributed by atoms with van der Waals surface area (Å²) in [4.78, 5) is 8.01. The van der Waals surface area contributed by atoms with Crippen molar-refractivity contribution >= 4 is 41.3 Å². The monoisotopic (exact) mass is 540 g/mol. The van der Waals surface area contributed by atoms with Crippen molar-refractivity contribution in [3.05, 3.63) is 45.9 Å². The number of para-hydroxylation sites is 1. The second-order valence-corrected chi connectivity index (χ2v) is 7.60. The molecule has 1 heterocycles. The first-order chi connectivity index (χ1) is 13.4. The van der Waals surface area contributed by atoms with Crippen LogP contribution in [-0.2, 0) is 18.1 Å². The van der Waals surface area contributed by atoms with Crippen molar-refractivity contribution in [1.29, 1.82) is 0 Å². The fraction of sp³-hybridized carbons (Fsp3) is 0.474. The number of aliphatic imine (C=N–C) groups is 1. The molecule has 2 aromatic rings. The third kappa shape index (κ3) is 5.97. The number of benzene rings is 1. The van der Waals surface area contributed by atoms with E-state index in [1.807, 2.05) is 25.1 Å². The van der Waals surface area contributed by atoms with Gasteiger partial charge in [-0.1, -0.05) is 18.2 Å². The van der Waals surface area contributed by atoms with Crippen LogP contribution >= 0.6 is 35.3 Å². The average Bonchev–Trinajstić information content (AvgIpc) is 3.30. The van der Waals surface area contributed by atoms with E-state index in [1.165, 1.54) is 0 Å². The highest BCUT2D eigenvalue weighted by Crippen LogP contribution is 2.50. The maximum absolute atomic E-state index is 12.7. The number of thiazole rings is 1. The molecule has 2 N–H and O–H groups in total. The standard InChI is InChI=1S/C19H23F3N4OS.HI/c1-3-23-17(24-10-16-26-15(11-28-16)19(20,21)22)25-12-18(8-9-18)13-6-4-5-7-14(13)27-2;/h4-7,11H,3,8-10,12H2,1-2H3,(H2,23,24,25);1H. The van der Waals surface area contributed by atoms with Gasteiger partial charge in [-0.2, -0.15) is 13.2 Å². The Morgan fingerprint density at radius 2 is 2.00 bits per heavy atom. The molecular weight excluding hydrogens is 516 g/mol. The first kappa shape index (κ1) is 23.7. The van der Waals surface area contributed by atoms with Gasteiger partial charge in [0.25, 0.3) is 0 Å². The number of nitrogens with zero attached hydrogens (tertiary/aromatic N) is 2. The van der Waals surface area contributed by atoms with Crippen LogP contribution < -0.4 is 15.4 Å². The number of guanidine groups is 1. The molecule has 1 aromatic carbocycles. The molecule has 0 amide bonds. The third-order valence-electron chi connectivity index (χ3n) is 4.68. The van der Waals surface area contributed by atoms with E-state index in [2.05, 4.69) is 26.7 Å². The van der Waals surface area contributed by atoms with Crippen molar-refractivity contribution in [2.24, 2.45) is 4.99 Å². The molecule has 29 heavy (non-hydrogen) atoms. The first-order valence-electron chi connectivity index (χ1n) is 9.05. The Morgan fingerprint density at radius 1 is 1.28 bits per heavy atom. The number of alkyl halides is 3. The zero-order valence-electron chi connectivity index (χ0n) is 16.2. The van der Waals surface area contributed by atoms with E-state index in [0.717, 1.165) is 40.9 Å². The molecule has 1 aromatic heterocycles. The minimum Gasteiger partial charge on any atom is -0.496 e. The number of aromatic nitrogens is 1. The fourth-order valence-electron chi connectivity index (χ4n) is 3.03. The lowest BCUT2D eigenvalue weighted by molar-refractivity contribution is -0.140. The van der Waals surface area contributed by atoms with Crippen LogP contribution in [0, 0.1) is 0 Å². The van der Waals surface area contributed by atoms with Crippen molar-refractivity contribution in [3.63, 3.8) is 0 Å². The van der Waals surface area contributed by atoms with Gasteiger partial charge in [-0.05, 0) is 25.8 Å². The molecule has 0 bridgehead atoms. The molecule has 1 aliphatic rings. The van der Waals surface area contributed by atoms with Gasteiger partial charge in [-0.25, -0.2) is 9.98 Å². The third-order valence-corrected chi connectivity index (χ3v) is 5.52. The predicted molar refractivity (Wildman–Crippen MR) is 119 cm³/mol. The zero-order valence-corrected chi connectivity index (χ0v) is 19.3. The number of hydrogen-bond acceptors (Lipinski definition) is 4. The minimum atomic E-state index is -4.42. The second kappa shape index (κ2) is 9.96. The Hall–Kier alpha value is -1.56. The van der Waals surface area contributed by atoms with Crippen molar-refractivity contribution in [1.82, 2.24) is 15.6 Å². The van der Waals surface area contributed by atoms with E-state index >= 15 is 0 Å². The van der Waals surface area contributed by atoms with Crippen molar-refractivity contribution in [2.75, 3.05) is 20.2 Å². The van der Waals surface area contributed by atoms with Gasteiger partial charge >= 0.3 is 6.18 Å². The second-order valence-electron chi connectivity index (χ2n) is 6.65. The van der Waals surface area contributed by atoms with Crippen LogP contribution in [0.25, 0.3) is 0 Å². The SMILES string of the molecule is CCNC(=NCc1nc(C(F)(F)F)cs1)NCC1(c2ccccc2OC)CC1.I. The molecular formula is C19H24F3IN4OS. The van der Waals surface area contributed by atoms with E-state index < -0.39 is 11.9 Å². The Bertz CT molecular complexity index is 837. The summed E-state index contributed by atoms with van der Waals surface area (Å²) in [5.41, 5.74) is 0.289. The fourth-order valence-corrected chi connectivity index (χ4v) is 3.75. The van der Waals surface area contributed by atoms with Crippen molar-refractivity contribution < 1.29 is 17.9 Å². The molecule has 0 radical (unpaired) electrons. The van der Waals surface area contributed by atoms with Crippen LogP contribution in [0.5, 0.6) is 5.75 Å². The highest BCUT2D eigenvalue weighted by Gasteiger charge is 2.46. The summed E-state index contributed by atoms with van der Waals surface area (Å²) in [6.07, 6.45) is -2.34. The van der Waals surface area contributed by atoms with Gasteiger partial charge in [0.15, 0.2) is 11.7 Å². The van der Waals surface area contributed by atoms with Gasteiger partial charge < -0.3 is 15.4 Å². The lowest BCUT2D eigenvalue weighted by Gasteiger charge is -2.21. The highest BCUT2D eigenvalue weighted by atomic mass is 127. The Kier molecular flexibility index (Phi) is 8.15. The molecule has 160 valence electrons. The highest BCUT2D eigenvalue weighted by molar-refractivity contribution is 14.0. The Morgan fingerprint density at radius 3 is 2.59 bits per heavy atom. The lowest BCUT2D eigenvalue weighted by atomic mass is 9.95. The van der Waals surface area contributed by atoms with Crippen molar-refractivity contribution in [2.45, 2.75) is 37.9 Å². The predicted octanol–water partition coefficient (Wildman–Crippen LogP) is 4.58. The normalized spacial score (nSPS) is 15.4. The summed E-state index contributed by atoms with van der Waals surface area (Å²) in [6, 6.07) is 7.97. The summed E-state index contributed by atoms with van der Waals surface area (Å²) < 4.78 is 43.5. The molecule has 0 unspecified atom stereocenters. The Labute approximate surface area is 189 Å². The minimum absolute atomic E-state index is 0. The van der Waals surface area contributed by atoms with Gasteiger partial charge in [-0.15, -0.1) is 35.3 Å². The van der Waals surface area contributed by atoms with E-state index in [9.17, 15) is 13.2 Å². The van der Waals surface area contributed by atoms with Crippen LogP contribution in [0.3, 0.4) is 0 Å². The largest absolute Gasteiger partial charge is 0.496 e. The lowest BCUT2D eigenvalue weighted by Crippen LogP contribution is -2.41. The van der Waals surface area contributed by atoms with Crippen LogP contribution in [0.1, 0.15) is 36.0 Å². The molecule has 0 saturated heterocycles. The van der Waals surface area contributed by atoms with E-state index in [-0.39, 0.29) is 35.9 Å². The quantitative estimate of drug-likeness (QED) is 0.307. The van der Waals surface area contributed by atoms with Crippen LogP contribution in [0.2, 0.25) is 0 Å². The van der Waals surface area contributed by atoms with Gasteiger partial charge in [-0.3, -0.25) is 0 Å². The summed E-state index contributed by atoms with van der Waals surface area (Å²) in [5, 5.41) is 7.80. The number of methoxy groups -OCH3 is 1. The maximum atomic E-state index is 12.7. The van der Waals surface area contributed by atoms with Gasteiger partial charge in [0, 0.05) is 29.4 Å². The number of nitrogens with one attached hydrogen (secondary N) is 2. The maximum Gasteiger partial charge on any atom is 0.434 e. The summed E-state index contributed by atoms with van der Waals surface area (Å²) in [6.45, 7) is 3.36. The molecule has 10 heteroatoms. The van der Waals surface area contributed by atoms with Gasteiger partial charge in [0.2, 0.25) is 0 Å². The molecule has 0 spiro atoms. The molecule has 5 nitrogen and oxygen atoms in total. The van der Waals surface area contributed by atoms with Crippen LogP contribution in [0.4, 0.5) is 13.2 Å². The van der Waals surface area contributed by atoms with Gasteiger partial charge in [0.05, 0.1) is 13.7 Å². The smallest absolute Gasteiger partial charge is 0.434 e. The van der Waals surface area contributed by atoms with E-state index in [0.29, 0.717) is 24.1 Å². The molecule has 1 fully saturated rings. The molecule has 0 aliphatic heterocycles. The number of halogens is 4. The number of ether oxygens (including phenoxy) is 1. The molecule has 1 aliphatic carbocycles. The summed E-state index contributed by atoms with van der Waals surface area (Å²) in [5.74, 6) is 1.43.